The fourth-order valence-electron chi connectivity index (χ4n) is 2.13. The SMILES string of the molecule is COc1ncc(C2(N)CC2)c2ccccc12. The normalized spacial score (nSPS) is 17.4. The minimum absolute atomic E-state index is 0.154. The van der Waals surface area contributed by atoms with E-state index in [1.807, 2.05) is 24.4 Å². The number of benzene rings is 1. The molecular weight excluding hydrogens is 200 g/mol. The Bertz CT molecular complexity index is 547. The summed E-state index contributed by atoms with van der Waals surface area (Å²) in [7, 11) is 1.64. The van der Waals surface area contributed by atoms with Crippen LogP contribution < -0.4 is 10.5 Å². The average molecular weight is 214 g/mol. The molecule has 2 aromatic rings. The molecule has 0 spiro atoms. The van der Waals surface area contributed by atoms with Crippen LogP contribution in [0.4, 0.5) is 0 Å². The Morgan fingerprint density at radius 1 is 1.25 bits per heavy atom. The third kappa shape index (κ3) is 1.28. The second kappa shape index (κ2) is 3.19. The van der Waals surface area contributed by atoms with E-state index in [0.717, 1.165) is 29.2 Å². The van der Waals surface area contributed by atoms with Gasteiger partial charge in [0.2, 0.25) is 5.88 Å². The van der Waals surface area contributed by atoms with Gasteiger partial charge in [0.1, 0.15) is 0 Å². The van der Waals surface area contributed by atoms with Crippen LogP contribution in [0.15, 0.2) is 30.5 Å². The molecule has 1 fully saturated rings. The van der Waals surface area contributed by atoms with E-state index in [0.29, 0.717) is 5.88 Å². The molecule has 0 radical (unpaired) electrons. The van der Waals surface area contributed by atoms with Gasteiger partial charge in [-0.3, -0.25) is 0 Å². The van der Waals surface area contributed by atoms with Gasteiger partial charge in [0.15, 0.2) is 0 Å². The van der Waals surface area contributed by atoms with Crippen molar-refractivity contribution in [2.24, 2.45) is 5.73 Å². The first kappa shape index (κ1) is 9.60. The fraction of sp³-hybridized carbons (Fsp3) is 0.308. The number of nitrogens with two attached hydrogens (primary N) is 1. The smallest absolute Gasteiger partial charge is 0.221 e. The van der Waals surface area contributed by atoms with Crippen molar-refractivity contribution in [1.82, 2.24) is 4.98 Å². The predicted octanol–water partition coefficient (Wildman–Crippen LogP) is 2.19. The average Bonchev–Trinajstić information content (AvgIpc) is 3.07. The van der Waals surface area contributed by atoms with Gasteiger partial charge in [0.05, 0.1) is 7.11 Å². The molecule has 2 N–H and O–H groups in total. The van der Waals surface area contributed by atoms with Crippen molar-refractivity contribution in [3.63, 3.8) is 0 Å². The minimum atomic E-state index is -0.154. The Hall–Kier alpha value is -1.61. The van der Waals surface area contributed by atoms with Crippen molar-refractivity contribution in [2.45, 2.75) is 18.4 Å². The summed E-state index contributed by atoms with van der Waals surface area (Å²) in [5.41, 5.74) is 7.23. The van der Waals surface area contributed by atoms with Crippen LogP contribution in [-0.4, -0.2) is 12.1 Å². The number of nitrogens with zero attached hydrogens (tertiary/aromatic N) is 1. The Balaban J connectivity index is 2.32. The van der Waals surface area contributed by atoms with Gasteiger partial charge >= 0.3 is 0 Å². The summed E-state index contributed by atoms with van der Waals surface area (Å²) >= 11 is 0. The van der Waals surface area contributed by atoms with Crippen molar-refractivity contribution >= 4 is 10.8 Å². The maximum absolute atomic E-state index is 6.24. The van der Waals surface area contributed by atoms with Gasteiger partial charge in [-0.2, -0.15) is 0 Å². The number of rotatable bonds is 2. The lowest BCUT2D eigenvalue weighted by molar-refractivity contribution is 0.403. The van der Waals surface area contributed by atoms with E-state index < -0.39 is 0 Å². The van der Waals surface area contributed by atoms with Gasteiger partial charge in [-0.15, -0.1) is 0 Å². The fourth-order valence-corrected chi connectivity index (χ4v) is 2.13. The summed E-state index contributed by atoms with van der Waals surface area (Å²) in [6.07, 6.45) is 3.95. The van der Waals surface area contributed by atoms with E-state index in [1.165, 1.54) is 0 Å². The largest absolute Gasteiger partial charge is 0.481 e. The molecule has 0 aliphatic heterocycles. The van der Waals surface area contributed by atoms with Crippen molar-refractivity contribution in [3.8, 4) is 5.88 Å². The highest BCUT2D eigenvalue weighted by Gasteiger charge is 2.41. The zero-order valence-corrected chi connectivity index (χ0v) is 9.23. The molecule has 82 valence electrons. The zero-order valence-electron chi connectivity index (χ0n) is 9.23. The van der Waals surface area contributed by atoms with Crippen LogP contribution in [0, 0.1) is 0 Å². The second-order valence-corrected chi connectivity index (χ2v) is 4.38. The standard InChI is InChI=1S/C13H14N2O/c1-16-12-10-5-3-2-4-9(10)11(8-15-12)13(14)6-7-13/h2-5,8H,6-7,14H2,1H3. The van der Waals surface area contributed by atoms with Gasteiger partial charge in [0.25, 0.3) is 0 Å². The molecule has 1 aromatic heterocycles. The number of hydrogen-bond acceptors (Lipinski definition) is 3. The van der Waals surface area contributed by atoms with Gasteiger partial charge in [0, 0.05) is 17.1 Å². The molecule has 1 aliphatic rings. The number of ether oxygens (including phenoxy) is 1. The number of aromatic nitrogens is 1. The lowest BCUT2D eigenvalue weighted by atomic mass is 10.0. The van der Waals surface area contributed by atoms with Gasteiger partial charge in [-0.25, -0.2) is 4.98 Å². The monoisotopic (exact) mass is 214 g/mol. The van der Waals surface area contributed by atoms with E-state index >= 15 is 0 Å². The second-order valence-electron chi connectivity index (χ2n) is 4.38. The summed E-state index contributed by atoms with van der Waals surface area (Å²) in [6, 6.07) is 8.13. The Morgan fingerprint density at radius 2 is 1.94 bits per heavy atom. The van der Waals surface area contributed by atoms with Crippen molar-refractivity contribution in [3.05, 3.63) is 36.0 Å². The summed E-state index contributed by atoms with van der Waals surface area (Å²) < 4.78 is 5.26. The summed E-state index contributed by atoms with van der Waals surface area (Å²) in [4.78, 5) is 4.33. The van der Waals surface area contributed by atoms with Crippen LogP contribution in [0.25, 0.3) is 10.8 Å². The topological polar surface area (TPSA) is 48.1 Å². The first-order valence-corrected chi connectivity index (χ1v) is 5.46. The molecule has 3 heteroatoms. The van der Waals surface area contributed by atoms with E-state index in [4.69, 9.17) is 10.5 Å². The maximum Gasteiger partial charge on any atom is 0.221 e. The number of hydrogen-bond donors (Lipinski definition) is 1. The van der Waals surface area contributed by atoms with Crippen molar-refractivity contribution < 1.29 is 4.74 Å². The first-order valence-electron chi connectivity index (χ1n) is 5.46. The zero-order chi connectivity index (χ0) is 11.2. The number of fused-ring (bicyclic) bond motifs is 1. The molecule has 1 saturated carbocycles. The van der Waals surface area contributed by atoms with Crippen LogP contribution in [0.1, 0.15) is 18.4 Å². The molecule has 3 nitrogen and oxygen atoms in total. The minimum Gasteiger partial charge on any atom is -0.481 e. The van der Waals surface area contributed by atoms with Crippen LogP contribution >= 0.6 is 0 Å². The van der Waals surface area contributed by atoms with E-state index in [-0.39, 0.29) is 5.54 Å². The van der Waals surface area contributed by atoms with Crippen LogP contribution in [-0.2, 0) is 5.54 Å². The van der Waals surface area contributed by atoms with Crippen molar-refractivity contribution in [1.29, 1.82) is 0 Å². The summed E-state index contributed by atoms with van der Waals surface area (Å²) in [5, 5.41) is 2.20. The maximum atomic E-state index is 6.24. The molecule has 1 aliphatic carbocycles. The van der Waals surface area contributed by atoms with Crippen LogP contribution in [0.5, 0.6) is 5.88 Å². The molecule has 16 heavy (non-hydrogen) atoms. The number of pyridine rings is 1. The molecule has 0 unspecified atom stereocenters. The Labute approximate surface area is 94.2 Å². The molecular formula is C13H14N2O. The highest BCUT2D eigenvalue weighted by Crippen LogP contribution is 2.45. The molecule has 1 heterocycles. The van der Waals surface area contributed by atoms with E-state index in [1.54, 1.807) is 7.11 Å². The van der Waals surface area contributed by atoms with E-state index in [9.17, 15) is 0 Å². The Kier molecular flexibility index (Phi) is 1.91. The third-order valence-electron chi connectivity index (χ3n) is 3.28. The Morgan fingerprint density at radius 3 is 2.56 bits per heavy atom. The van der Waals surface area contributed by atoms with Gasteiger partial charge in [-0.05, 0) is 29.9 Å². The lowest BCUT2D eigenvalue weighted by Gasteiger charge is -2.13. The predicted molar refractivity (Wildman–Crippen MR) is 63.4 cm³/mol. The van der Waals surface area contributed by atoms with Crippen molar-refractivity contribution in [2.75, 3.05) is 7.11 Å². The third-order valence-corrected chi connectivity index (χ3v) is 3.28. The van der Waals surface area contributed by atoms with E-state index in [2.05, 4.69) is 11.1 Å². The lowest BCUT2D eigenvalue weighted by Crippen LogP contribution is -2.19. The van der Waals surface area contributed by atoms with Gasteiger partial charge in [-0.1, -0.05) is 18.2 Å². The molecule has 0 bridgehead atoms. The molecule has 0 atom stereocenters. The summed E-state index contributed by atoms with van der Waals surface area (Å²) in [6.45, 7) is 0. The molecule has 0 amide bonds. The highest BCUT2D eigenvalue weighted by molar-refractivity contribution is 5.90. The quantitative estimate of drug-likeness (QED) is 0.833. The molecule has 0 saturated heterocycles. The summed E-state index contributed by atoms with van der Waals surface area (Å²) in [5.74, 6) is 0.670. The first-order chi connectivity index (χ1) is 7.74. The van der Waals surface area contributed by atoms with Crippen LogP contribution in [0.2, 0.25) is 0 Å². The van der Waals surface area contributed by atoms with Crippen LogP contribution in [0.3, 0.4) is 0 Å². The molecule has 3 rings (SSSR count). The highest BCUT2D eigenvalue weighted by atomic mass is 16.5. The van der Waals surface area contributed by atoms with Gasteiger partial charge < -0.3 is 10.5 Å². The number of methoxy groups -OCH3 is 1. The molecule has 1 aromatic carbocycles.